The van der Waals surface area contributed by atoms with E-state index in [1.807, 2.05) is 0 Å². The number of likely N-dealkylation sites (tertiary alicyclic amines) is 1. The van der Waals surface area contributed by atoms with E-state index in [1.165, 1.54) is 38.8 Å². The molecule has 1 aliphatic carbocycles. The van der Waals surface area contributed by atoms with Gasteiger partial charge in [0, 0.05) is 6.04 Å². The lowest BCUT2D eigenvalue weighted by atomic mass is 9.87. The van der Waals surface area contributed by atoms with Crippen LogP contribution in [0, 0.1) is 11.8 Å². The molecule has 1 nitrogen and oxygen atoms in total. The van der Waals surface area contributed by atoms with Gasteiger partial charge in [-0.25, -0.2) is 0 Å². The van der Waals surface area contributed by atoms with Gasteiger partial charge in [-0.1, -0.05) is 13.8 Å². The zero-order chi connectivity index (χ0) is 8.55. The van der Waals surface area contributed by atoms with Crippen LogP contribution in [0.5, 0.6) is 0 Å². The molecule has 1 saturated heterocycles. The highest BCUT2D eigenvalue weighted by molar-refractivity contribution is 4.87. The Kier molecular flexibility index (Phi) is 2.40. The first-order valence-electron chi connectivity index (χ1n) is 5.51. The quantitative estimate of drug-likeness (QED) is 0.611. The topological polar surface area (TPSA) is 3.24 Å². The van der Waals surface area contributed by atoms with Crippen LogP contribution in [0.4, 0.5) is 0 Å². The van der Waals surface area contributed by atoms with Crippen molar-refractivity contribution >= 4 is 0 Å². The average Bonchev–Trinajstić information content (AvgIpc) is 2.87. The predicted octanol–water partition coefficient (Wildman–Crippen LogP) is 2.52. The minimum absolute atomic E-state index is 0.909. The van der Waals surface area contributed by atoms with Crippen LogP contribution in [0.15, 0.2) is 0 Å². The van der Waals surface area contributed by atoms with E-state index in [4.69, 9.17) is 0 Å². The standard InChI is InChI=1S/C11H21N/c1-9(2)10-5-7-12(8-6-10)11-3-4-11/h9-11H,3-8H2,1-2H3. The zero-order valence-electron chi connectivity index (χ0n) is 8.42. The Labute approximate surface area is 76.1 Å². The van der Waals surface area contributed by atoms with Gasteiger partial charge < -0.3 is 4.90 Å². The van der Waals surface area contributed by atoms with Gasteiger partial charge in [-0.15, -0.1) is 0 Å². The second-order valence-electron chi connectivity index (χ2n) is 4.85. The van der Waals surface area contributed by atoms with Gasteiger partial charge in [-0.2, -0.15) is 0 Å². The van der Waals surface area contributed by atoms with E-state index in [2.05, 4.69) is 18.7 Å². The lowest BCUT2D eigenvalue weighted by molar-refractivity contribution is 0.151. The smallest absolute Gasteiger partial charge is 0.00964 e. The summed E-state index contributed by atoms with van der Waals surface area (Å²) in [6, 6.07) is 0.998. The maximum absolute atomic E-state index is 2.71. The third-order valence-corrected chi connectivity index (χ3v) is 3.58. The van der Waals surface area contributed by atoms with Gasteiger partial charge in [-0.05, 0) is 50.6 Å². The summed E-state index contributed by atoms with van der Waals surface area (Å²) >= 11 is 0. The molecule has 0 spiro atoms. The van der Waals surface area contributed by atoms with Crippen LogP contribution in [-0.4, -0.2) is 24.0 Å². The maximum atomic E-state index is 2.71. The summed E-state index contributed by atoms with van der Waals surface area (Å²) in [5.74, 6) is 1.92. The van der Waals surface area contributed by atoms with Crippen molar-refractivity contribution in [3.8, 4) is 0 Å². The number of piperidine rings is 1. The van der Waals surface area contributed by atoms with E-state index in [9.17, 15) is 0 Å². The third-order valence-electron chi connectivity index (χ3n) is 3.58. The van der Waals surface area contributed by atoms with E-state index >= 15 is 0 Å². The summed E-state index contributed by atoms with van der Waals surface area (Å²) in [4.78, 5) is 2.71. The van der Waals surface area contributed by atoms with Crippen LogP contribution in [-0.2, 0) is 0 Å². The molecule has 0 aromatic carbocycles. The van der Waals surface area contributed by atoms with E-state index in [0.29, 0.717) is 0 Å². The Morgan fingerprint density at radius 1 is 1.00 bits per heavy atom. The molecule has 1 heteroatoms. The van der Waals surface area contributed by atoms with Gasteiger partial charge in [0.05, 0.1) is 0 Å². The first kappa shape index (κ1) is 8.55. The van der Waals surface area contributed by atoms with Crippen LogP contribution < -0.4 is 0 Å². The Balaban J connectivity index is 1.76. The first-order valence-corrected chi connectivity index (χ1v) is 5.51. The summed E-state index contributed by atoms with van der Waals surface area (Å²) in [7, 11) is 0. The maximum Gasteiger partial charge on any atom is 0.00964 e. The molecule has 2 aliphatic rings. The van der Waals surface area contributed by atoms with Gasteiger partial charge in [0.25, 0.3) is 0 Å². The molecule has 1 heterocycles. The highest BCUT2D eigenvalue weighted by Crippen LogP contribution is 2.32. The molecular weight excluding hydrogens is 146 g/mol. The zero-order valence-corrected chi connectivity index (χ0v) is 8.42. The van der Waals surface area contributed by atoms with E-state index < -0.39 is 0 Å². The largest absolute Gasteiger partial charge is 0.300 e. The summed E-state index contributed by atoms with van der Waals surface area (Å²) in [5, 5.41) is 0. The summed E-state index contributed by atoms with van der Waals surface area (Å²) < 4.78 is 0. The van der Waals surface area contributed by atoms with Crippen molar-refractivity contribution in [2.75, 3.05) is 13.1 Å². The molecule has 2 fully saturated rings. The summed E-state index contributed by atoms with van der Waals surface area (Å²) in [6.07, 6.45) is 5.86. The second kappa shape index (κ2) is 3.37. The number of nitrogens with zero attached hydrogens (tertiary/aromatic N) is 1. The second-order valence-corrected chi connectivity index (χ2v) is 4.85. The van der Waals surface area contributed by atoms with Crippen LogP contribution >= 0.6 is 0 Å². The van der Waals surface area contributed by atoms with E-state index in [-0.39, 0.29) is 0 Å². The molecule has 0 amide bonds. The van der Waals surface area contributed by atoms with E-state index in [1.54, 1.807) is 0 Å². The van der Waals surface area contributed by atoms with Gasteiger partial charge >= 0.3 is 0 Å². The molecule has 1 saturated carbocycles. The molecule has 0 aromatic heterocycles. The molecule has 2 rings (SSSR count). The van der Waals surface area contributed by atoms with Crippen molar-refractivity contribution in [2.24, 2.45) is 11.8 Å². The normalized spacial score (nSPS) is 28.2. The van der Waals surface area contributed by atoms with Crippen LogP contribution in [0.25, 0.3) is 0 Å². The molecule has 0 radical (unpaired) electrons. The minimum atomic E-state index is 0.909. The summed E-state index contributed by atoms with van der Waals surface area (Å²) in [5.41, 5.74) is 0. The van der Waals surface area contributed by atoms with Crippen LogP contribution in [0.2, 0.25) is 0 Å². The first-order chi connectivity index (χ1) is 5.77. The van der Waals surface area contributed by atoms with E-state index in [0.717, 1.165) is 17.9 Å². The van der Waals surface area contributed by atoms with Gasteiger partial charge in [0.1, 0.15) is 0 Å². The molecule has 0 aromatic rings. The Morgan fingerprint density at radius 2 is 1.58 bits per heavy atom. The predicted molar refractivity (Wildman–Crippen MR) is 52.2 cm³/mol. The monoisotopic (exact) mass is 167 g/mol. The molecule has 0 unspecified atom stereocenters. The third kappa shape index (κ3) is 1.82. The summed E-state index contributed by atoms with van der Waals surface area (Å²) in [6.45, 7) is 7.51. The SMILES string of the molecule is CC(C)C1CCN(C2CC2)CC1. The van der Waals surface area contributed by atoms with Gasteiger partial charge in [-0.3, -0.25) is 0 Å². The minimum Gasteiger partial charge on any atom is -0.300 e. The van der Waals surface area contributed by atoms with Gasteiger partial charge in [0.15, 0.2) is 0 Å². The molecule has 1 aliphatic heterocycles. The highest BCUT2D eigenvalue weighted by atomic mass is 15.2. The van der Waals surface area contributed by atoms with Crippen molar-refractivity contribution < 1.29 is 0 Å². The average molecular weight is 167 g/mol. The number of hydrogen-bond acceptors (Lipinski definition) is 1. The Bertz CT molecular complexity index is 131. The lowest BCUT2D eigenvalue weighted by Gasteiger charge is -2.33. The van der Waals surface area contributed by atoms with Gasteiger partial charge in [0.2, 0.25) is 0 Å². The molecule has 0 atom stereocenters. The highest BCUT2D eigenvalue weighted by Gasteiger charge is 2.32. The fourth-order valence-electron chi connectivity index (χ4n) is 2.39. The Morgan fingerprint density at radius 3 is 2.00 bits per heavy atom. The van der Waals surface area contributed by atoms with Crippen molar-refractivity contribution in [3.63, 3.8) is 0 Å². The van der Waals surface area contributed by atoms with Crippen LogP contribution in [0.1, 0.15) is 39.5 Å². The van der Waals surface area contributed by atoms with Crippen molar-refractivity contribution in [2.45, 2.75) is 45.6 Å². The lowest BCUT2D eigenvalue weighted by Crippen LogP contribution is -2.36. The van der Waals surface area contributed by atoms with Crippen molar-refractivity contribution in [3.05, 3.63) is 0 Å². The molecule has 12 heavy (non-hydrogen) atoms. The molecule has 70 valence electrons. The molecule has 0 bridgehead atoms. The number of rotatable bonds is 2. The Hall–Kier alpha value is -0.0400. The van der Waals surface area contributed by atoms with Crippen molar-refractivity contribution in [1.82, 2.24) is 4.90 Å². The number of hydrogen-bond donors (Lipinski definition) is 0. The molecule has 0 N–H and O–H groups in total. The van der Waals surface area contributed by atoms with Crippen LogP contribution in [0.3, 0.4) is 0 Å². The fourth-order valence-corrected chi connectivity index (χ4v) is 2.39. The fraction of sp³-hybridized carbons (Fsp3) is 1.00. The molecular formula is C11H21N. The van der Waals surface area contributed by atoms with Crippen molar-refractivity contribution in [1.29, 1.82) is 0 Å².